The van der Waals surface area contributed by atoms with Crippen molar-refractivity contribution < 1.29 is 27.6 Å². The van der Waals surface area contributed by atoms with E-state index in [-0.39, 0.29) is 5.56 Å². The van der Waals surface area contributed by atoms with Crippen LogP contribution in [0.3, 0.4) is 0 Å². The molecule has 1 aromatic heterocycles. The van der Waals surface area contributed by atoms with Crippen molar-refractivity contribution in [2.24, 2.45) is 0 Å². The molecule has 4 amide bonds. The fourth-order valence-electron chi connectivity index (χ4n) is 2.87. The van der Waals surface area contributed by atoms with Gasteiger partial charge in [0, 0.05) is 12.4 Å². The highest BCUT2D eigenvalue weighted by atomic mass is 19.4. The SMILES string of the molecule is C[C@H](c1ccccc1)N1C(=O)N[C@](NC(=O)c2cccnc2)(C(F)(F)F)C1=O. The van der Waals surface area contributed by atoms with E-state index in [1.165, 1.54) is 25.3 Å². The number of alkyl halides is 3. The number of hydrogen-bond donors (Lipinski definition) is 2. The lowest BCUT2D eigenvalue weighted by atomic mass is 10.0. The number of pyridine rings is 1. The van der Waals surface area contributed by atoms with E-state index >= 15 is 0 Å². The summed E-state index contributed by atoms with van der Waals surface area (Å²) in [5, 5.41) is 3.26. The van der Waals surface area contributed by atoms with E-state index < -0.39 is 35.7 Å². The molecular weight excluding hydrogens is 377 g/mol. The van der Waals surface area contributed by atoms with Crippen LogP contribution in [0.5, 0.6) is 0 Å². The van der Waals surface area contributed by atoms with Crippen LogP contribution < -0.4 is 10.6 Å². The lowest BCUT2D eigenvalue weighted by Gasteiger charge is -2.30. The van der Waals surface area contributed by atoms with Gasteiger partial charge in [-0.15, -0.1) is 0 Å². The summed E-state index contributed by atoms with van der Waals surface area (Å²) in [6.45, 7) is 1.42. The summed E-state index contributed by atoms with van der Waals surface area (Å²) in [4.78, 5) is 41.5. The van der Waals surface area contributed by atoms with E-state index in [0.29, 0.717) is 10.5 Å². The lowest BCUT2D eigenvalue weighted by molar-refractivity contribution is -0.200. The highest BCUT2D eigenvalue weighted by molar-refractivity contribution is 6.10. The van der Waals surface area contributed by atoms with Crippen molar-refractivity contribution in [3.05, 3.63) is 66.0 Å². The van der Waals surface area contributed by atoms with Crippen LogP contribution in [-0.4, -0.2) is 39.6 Å². The molecule has 0 bridgehead atoms. The Hall–Kier alpha value is -3.43. The average molecular weight is 392 g/mol. The first-order chi connectivity index (χ1) is 13.2. The molecule has 1 aliphatic rings. The summed E-state index contributed by atoms with van der Waals surface area (Å²) < 4.78 is 41.6. The molecule has 3 rings (SSSR count). The first-order valence-corrected chi connectivity index (χ1v) is 8.17. The van der Waals surface area contributed by atoms with Crippen molar-refractivity contribution >= 4 is 17.8 Å². The quantitative estimate of drug-likeness (QED) is 0.782. The zero-order valence-electron chi connectivity index (χ0n) is 14.5. The van der Waals surface area contributed by atoms with E-state index in [2.05, 4.69) is 4.98 Å². The van der Waals surface area contributed by atoms with Crippen molar-refractivity contribution in [2.45, 2.75) is 24.8 Å². The van der Waals surface area contributed by atoms with Crippen molar-refractivity contribution in [1.82, 2.24) is 20.5 Å². The summed E-state index contributed by atoms with van der Waals surface area (Å²) in [5.74, 6) is -2.81. The van der Waals surface area contributed by atoms with Crippen molar-refractivity contribution in [2.75, 3.05) is 0 Å². The van der Waals surface area contributed by atoms with Gasteiger partial charge in [-0.25, -0.2) is 4.79 Å². The van der Waals surface area contributed by atoms with Gasteiger partial charge in [0.1, 0.15) is 0 Å². The Bertz CT molecular complexity index is 905. The third-order valence-electron chi connectivity index (χ3n) is 4.37. The second-order valence-electron chi connectivity index (χ2n) is 6.14. The minimum Gasteiger partial charge on any atom is -0.314 e. The smallest absolute Gasteiger partial charge is 0.314 e. The van der Waals surface area contributed by atoms with Crippen LogP contribution in [0.4, 0.5) is 18.0 Å². The van der Waals surface area contributed by atoms with E-state index in [1.54, 1.807) is 41.0 Å². The molecule has 1 saturated heterocycles. The van der Waals surface area contributed by atoms with Gasteiger partial charge < -0.3 is 5.32 Å². The number of carbonyl (C=O) groups excluding carboxylic acids is 3. The van der Waals surface area contributed by atoms with Crippen LogP contribution in [0.15, 0.2) is 54.9 Å². The molecule has 1 aliphatic heterocycles. The molecular formula is C18H15F3N4O3. The number of urea groups is 1. The molecule has 0 spiro atoms. The Balaban J connectivity index is 1.97. The summed E-state index contributed by atoms with van der Waals surface area (Å²) >= 11 is 0. The molecule has 2 aromatic rings. The predicted octanol–water partition coefficient (Wildman–Crippen LogP) is 2.38. The standard InChI is InChI=1S/C18H15F3N4O3/c1-11(12-6-3-2-4-7-12)25-15(27)17(18(19,20)21,24-16(25)28)23-14(26)13-8-5-9-22-10-13/h2-11H,1H3,(H,23,26)(H,24,28)/t11-,17+/m1/s1. The zero-order valence-corrected chi connectivity index (χ0v) is 14.5. The van der Waals surface area contributed by atoms with Crippen LogP contribution >= 0.6 is 0 Å². The normalized spacial score (nSPS) is 20.6. The van der Waals surface area contributed by atoms with Gasteiger partial charge in [0.2, 0.25) is 0 Å². The molecule has 0 radical (unpaired) electrons. The third kappa shape index (κ3) is 3.17. The van der Waals surface area contributed by atoms with Gasteiger partial charge in [-0.1, -0.05) is 30.3 Å². The van der Waals surface area contributed by atoms with Crippen LogP contribution in [0.2, 0.25) is 0 Å². The molecule has 1 aromatic carbocycles. The van der Waals surface area contributed by atoms with Crippen LogP contribution in [-0.2, 0) is 4.79 Å². The molecule has 146 valence electrons. The second kappa shape index (κ2) is 6.95. The second-order valence-corrected chi connectivity index (χ2v) is 6.14. The van der Waals surface area contributed by atoms with Crippen molar-refractivity contribution in [1.29, 1.82) is 0 Å². The number of imide groups is 1. The average Bonchev–Trinajstić information content (AvgIpc) is 2.93. The van der Waals surface area contributed by atoms with E-state index in [4.69, 9.17) is 0 Å². The maximum atomic E-state index is 13.9. The van der Waals surface area contributed by atoms with Gasteiger partial charge in [0.25, 0.3) is 17.5 Å². The number of benzene rings is 1. The number of aromatic nitrogens is 1. The van der Waals surface area contributed by atoms with Crippen LogP contribution in [0.1, 0.15) is 28.9 Å². The number of carbonyl (C=O) groups is 3. The van der Waals surface area contributed by atoms with Gasteiger partial charge in [0.05, 0.1) is 11.6 Å². The van der Waals surface area contributed by atoms with Gasteiger partial charge in [-0.3, -0.25) is 24.8 Å². The lowest BCUT2D eigenvalue weighted by Crippen LogP contribution is -2.69. The van der Waals surface area contributed by atoms with E-state index in [0.717, 1.165) is 6.20 Å². The van der Waals surface area contributed by atoms with Gasteiger partial charge in [0.15, 0.2) is 0 Å². The number of rotatable bonds is 4. The Morgan fingerprint density at radius 1 is 1.18 bits per heavy atom. The molecule has 1 fully saturated rings. The number of amides is 4. The summed E-state index contributed by atoms with van der Waals surface area (Å²) in [6, 6.07) is 8.46. The molecule has 2 heterocycles. The molecule has 0 aliphatic carbocycles. The predicted molar refractivity (Wildman–Crippen MR) is 90.7 cm³/mol. The minimum absolute atomic E-state index is 0.192. The maximum Gasteiger partial charge on any atom is 0.440 e. The molecule has 2 N–H and O–H groups in total. The van der Waals surface area contributed by atoms with Crippen molar-refractivity contribution in [3.63, 3.8) is 0 Å². The van der Waals surface area contributed by atoms with E-state index in [9.17, 15) is 27.6 Å². The van der Waals surface area contributed by atoms with Gasteiger partial charge in [-0.2, -0.15) is 13.2 Å². The third-order valence-corrected chi connectivity index (χ3v) is 4.37. The van der Waals surface area contributed by atoms with Gasteiger partial charge >= 0.3 is 12.2 Å². The fraction of sp³-hybridized carbons (Fsp3) is 0.222. The summed E-state index contributed by atoms with van der Waals surface area (Å²) in [5.41, 5.74) is -3.30. The molecule has 2 atom stereocenters. The number of nitrogens with one attached hydrogen (secondary N) is 2. The highest BCUT2D eigenvalue weighted by Crippen LogP contribution is 2.37. The maximum absolute atomic E-state index is 13.9. The first-order valence-electron chi connectivity index (χ1n) is 8.17. The molecule has 28 heavy (non-hydrogen) atoms. The van der Waals surface area contributed by atoms with Crippen LogP contribution in [0, 0.1) is 0 Å². The molecule has 0 unspecified atom stereocenters. The molecule has 0 saturated carbocycles. The topological polar surface area (TPSA) is 91.4 Å². The minimum atomic E-state index is -5.28. The number of halogens is 3. The zero-order chi connectivity index (χ0) is 20.5. The number of nitrogens with zero attached hydrogens (tertiary/aromatic N) is 2. The monoisotopic (exact) mass is 392 g/mol. The Labute approximate surface area is 157 Å². The van der Waals surface area contributed by atoms with E-state index in [1.807, 2.05) is 0 Å². The summed E-state index contributed by atoms with van der Waals surface area (Å²) in [6.07, 6.45) is -2.89. The fourth-order valence-corrected chi connectivity index (χ4v) is 2.87. The Morgan fingerprint density at radius 3 is 2.43 bits per heavy atom. The van der Waals surface area contributed by atoms with Crippen LogP contribution in [0.25, 0.3) is 0 Å². The summed E-state index contributed by atoms with van der Waals surface area (Å²) in [7, 11) is 0. The largest absolute Gasteiger partial charge is 0.440 e. The number of hydrogen-bond acceptors (Lipinski definition) is 4. The highest BCUT2D eigenvalue weighted by Gasteiger charge is 2.69. The first kappa shape index (κ1) is 19.3. The van der Waals surface area contributed by atoms with Crippen molar-refractivity contribution in [3.8, 4) is 0 Å². The molecule has 7 nitrogen and oxygen atoms in total. The Morgan fingerprint density at radius 2 is 1.86 bits per heavy atom. The van der Waals surface area contributed by atoms with Gasteiger partial charge in [-0.05, 0) is 24.6 Å². The molecule has 10 heteroatoms. The Kier molecular flexibility index (Phi) is 4.80.